The van der Waals surface area contributed by atoms with Gasteiger partial charge >= 0.3 is 15.6 Å². The first-order valence-corrected chi connectivity index (χ1v) is 12.5. The van der Waals surface area contributed by atoms with Crippen molar-refractivity contribution in [3.05, 3.63) is 65.7 Å². The van der Waals surface area contributed by atoms with Crippen LogP contribution in [-0.4, -0.2) is 52.8 Å². The molecule has 0 aliphatic heterocycles. The van der Waals surface area contributed by atoms with Gasteiger partial charge in [0, 0.05) is 12.1 Å². The van der Waals surface area contributed by atoms with E-state index in [1.54, 1.807) is 30.3 Å². The summed E-state index contributed by atoms with van der Waals surface area (Å²) < 4.78 is 35.8. The summed E-state index contributed by atoms with van der Waals surface area (Å²) in [5, 5.41) is 4.93. The Morgan fingerprint density at radius 2 is 1.64 bits per heavy atom. The van der Waals surface area contributed by atoms with Crippen molar-refractivity contribution in [1.82, 2.24) is 10.6 Å². The van der Waals surface area contributed by atoms with Crippen LogP contribution in [0.25, 0.3) is 0 Å². The maximum absolute atomic E-state index is 12.6. The lowest BCUT2D eigenvalue weighted by Crippen LogP contribution is -2.49. The molecule has 12 nitrogen and oxygen atoms in total. The summed E-state index contributed by atoms with van der Waals surface area (Å²) >= 11 is 0. The number of hydrogen-bond donors (Lipinski definition) is 5. The predicted molar refractivity (Wildman–Crippen MR) is 116 cm³/mol. The number of benzene rings is 2. The van der Waals surface area contributed by atoms with Crippen molar-refractivity contribution in [2.45, 2.75) is 12.5 Å². The van der Waals surface area contributed by atoms with Gasteiger partial charge in [0.15, 0.2) is 0 Å². The van der Waals surface area contributed by atoms with Gasteiger partial charge in [0.05, 0.1) is 13.7 Å². The molecule has 0 aromatic heterocycles. The predicted octanol–water partition coefficient (Wildman–Crippen LogP) is 1.38. The van der Waals surface area contributed by atoms with E-state index in [1.165, 1.54) is 19.2 Å². The highest BCUT2D eigenvalue weighted by molar-refractivity contribution is 7.60. The highest BCUT2D eigenvalue weighted by atomic mass is 31.3. The van der Waals surface area contributed by atoms with Crippen molar-refractivity contribution in [3.63, 3.8) is 0 Å². The zero-order valence-corrected chi connectivity index (χ0v) is 19.3. The van der Waals surface area contributed by atoms with Gasteiger partial charge in [0.2, 0.25) is 5.91 Å². The number of phosphoric ester groups is 1. The second-order valence-corrected chi connectivity index (χ2v) is 9.45. The molecule has 0 bridgehead atoms. The van der Waals surface area contributed by atoms with Crippen molar-refractivity contribution < 1.29 is 47.0 Å². The standard InChI is InChI=1S/C19H24N2O10P2/c1-29-16-9-7-14(8-10-16)11-12-20-19(23)17(13-30-33(27,28)31-32(24,25)26)21-18(22)15-5-3-2-4-6-15/h2-10,17H,11-13H2,1H3,(H,20,23)(H,21,22)(H,27,28)(H2,24,25,26)/t17-/m0/s1. The van der Waals surface area contributed by atoms with E-state index in [-0.39, 0.29) is 12.1 Å². The lowest BCUT2D eigenvalue weighted by Gasteiger charge is -2.20. The van der Waals surface area contributed by atoms with E-state index in [2.05, 4.69) is 19.5 Å². The number of hydrogen-bond acceptors (Lipinski definition) is 7. The largest absolute Gasteiger partial charge is 0.497 e. The monoisotopic (exact) mass is 502 g/mol. The molecule has 0 saturated carbocycles. The minimum Gasteiger partial charge on any atom is -0.497 e. The number of carbonyl (C=O) groups is 2. The van der Waals surface area contributed by atoms with Crippen molar-refractivity contribution >= 4 is 27.5 Å². The Morgan fingerprint density at radius 3 is 2.21 bits per heavy atom. The fourth-order valence-electron chi connectivity index (χ4n) is 2.59. The molecule has 0 radical (unpaired) electrons. The highest BCUT2D eigenvalue weighted by Gasteiger charge is 2.34. The molecule has 2 aromatic carbocycles. The minimum absolute atomic E-state index is 0.165. The van der Waals surface area contributed by atoms with E-state index in [0.717, 1.165) is 5.56 Å². The third-order valence-electron chi connectivity index (χ3n) is 4.14. The summed E-state index contributed by atoms with van der Waals surface area (Å²) in [5.41, 5.74) is 1.11. The molecule has 0 heterocycles. The van der Waals surface area contributed by atoms with Crippen LogP contribution in [0.5, 0.6) is 5.75 Å². The molecule has 180 valence electrons. The third-order valence-corrected chi connectivity index (χ3v) is 6.30. The molecule has 0 spiro atoms. The summed E-state index contributed by atoms with van der Waals surface area (Å²) in [6.07, 6.45) is 0.440. The Bertz CT molecular complexity index is 1030. The van der Waals surface area contributed by atoms with Gasteiger partial charge < -0.3 is 30.1 Å². The summed E-state index contributed by atoms with van der Waals surface area (Å²) in [6, 6.07) is 13.5. The number of carbonyl (C=O) groups excluding carboxylic acids is 2. The molecule has 33 heavy (non-hydrogen) atoms. The van der Waals surface area contributed by atoms with Crippen molar-refractivity contribution in [3.8, 4) is 5.75 Å². The highest BCUT2D eigenvalue weighted by Crippen LogP contribution is 2.57. The summed E-state index contributed by atoms with van der Waals surface area (Å²) in [4.78, 5) is 51.9. The van der Waals surface area contributed by atoms with Gasteiger partial charge in [-0.3, -0.25) is 14.1 Å². The third kappa shape index (κ3) is 9.85. The van der Waals surface area contributed by atoms with Crippen LogP contribution < -0.4 is 15.4 Å². The molecular weight excluding hydrogens is 478 g/mol. The molecular formula is C19H24N2O10P2. The smallest absolute Gasteiger partial charge is 0.481 e. The molecule has 2 aromatic rings. The number of phosphoric acid groups is 2. The molecule has 0 saturated heterocycles. The second kappa shape index (κ2) is 12.1. The Hall–Kier alpha value is -2.56. The van der Waals surface area contributed by atoms with E-state index in [0.29, 0.717) is 12.2 Å². The first-order chi connectivity index (χ1) is 15.5. The van der Waals surface area contributed by atoms with Crippen LogP contribution in [0.1, 0.15) is 15.9 Å². The van der Waals surface area contributed by atoms with Crippen LogP contribution in [-0.2, 0) is 29.2 Å². The molecule has 0 aliphatic rings. The van der Waals surface area contributed by atoms with Crippen LogP contribution in [0, 0.1) is 0 Å². The molecule has 0 aliphatic carbocycles. The van der Waals surface area contributed by atoms with Gasteiger partial charge in [-0.2, -0.15) is 4.31 Å². The second-order valence-electron chi connectivity index (χ2n) is 6.62. The van der Waals surface area contributed by atoms with E-state index in [4.69, 9.17) is 14.5 Å². The van der Waals surface area contributed by atoms with Crippen LogP contribution in [0.15, 0.2) is 54.6 Å². The maximum atomic E-state index is 12.6. The SMILES string of the molecule is COc1ccc(CCNC(=O)[C@H](COP(=O)(O)OP(=O)(O)O)NC(=O)c2ccccc2)cc1. The Labute approximate surface area is 189 Å². The number of amides is 2. The van der Waals surface area contributed by atoms with Crippen molar-refractivity contribution in [2.75, 3.05) is 20.3 Å². The lowest BCUT2D eigenvalue weighted by molar-refractivity contribution is -0.123. The van der Waals surface area contributed by atoms with E-state index >= 15 is 0 Å². The van der Waals surface area contributed by atoms with Gasteiger partial charge in [0.1, 0.15) is 11.8 Å². The van der Waals surface area contributed by atoms with Crippen LogP contribution in [0.2, 0.25) is 0 Å². The first kappa shape index (κ1) is 26.7. The van der Waals surface area contributed by atoms with Crippen molar-refractivity contribution in [2.24, 2.45) is 0 Å². The topological polar surface area (TPSA) is 181 Å². The Balaban J connectivity index is 2.02. The van der Waals surface area contributed by atoms with Gasteiger partial charge in [0.25, 0.3) is 5.91 Å². The molecule has 5 N–H and O–H groups in total. The first-order valence-electron chi connectivity index (χ1n) is 9.50. The number of methoxy groups -OCH3 is 1. The van der Waals surface area contributed by atoms with E-state index in [1.807, 2.05) is 12.1 Å². The molecule has 14 heteroatoms. The molecule has 2 atom stereocenters. The molecule has 2 rings (SSSR count). The molecule has 1 unspecified atom stereocenters. The van der Waals surface area contributed by atoms with Gasteiger partial charge in [-0.25, -0.2) is 9.13 Å². The summed E-state index contributed by atoms with van der Waals surface area (Å²) in [7, 11) is -9.01. The average molecular weight is 502 g/mol. The Kier molecular flexibility index (Phi) is 9.75. The number of nitrogens with one attached hydrogen (secondary N) is 2. The number of ether oxygens (including phenoxy) is 1. The fraction of sp³-hybridized carbons (Fsp3) is 0.263. The van der Waals surface area contributed by atoms with E-state index in [9.17, 15) is 23.6 Å². The summed E-state index contributed by atoms with van der Waals surface area (Å²) in [6.45, 7) is -0.723. The van der Waals surface area contributed by atoms with Crippen molar-refractivity contribution in [1.29, 1.82) is 0 Å². The zero-order valence-electron chi connectivity index (χ0n) is 17.5. The molecule has 0 fully saturated rings. The van der Waals surface area contributed by atoms with Crippen LogP contribution >= 0.6 is 15.6 Å². The molecule has 2 amide bonds. The average Bonchev–Trinajstić information content (AvgIpc) is 2.75. The van der Waals surface area contributed by atoms with Crippen LogP contribution in [0.4, 0.5) is 0 Å². The zero-order chi connectivity index (χ0) is 24.5. The maximum Gasteiger partial charge on any atom is 0.481 e. The normalized spacial score (nSPS) is 14.1. The van der Waals surface area contributed by atoms with Crippen LogP contribution in [0.3, 0.4) is 0 Å². The Morgan fingerprint density at radius 1 is 1.00 bits per heavy atom. The van der Waals surface area contributed by atoms with Gasteiger partial charge in [-0.05, 0) is 36.2 Å². The quantitative estimate of drug-likeness (QED) is 0.266. The lowest BCUT2D eigenvalue weighted by atomic mass is 10.1. The summed E-state index contributed by atoms with van der Waals surface area (Å²) in [5.74, 6) is -0.739. The van der Waals surface area contributed by atoms with E-state index < -0.39 is 40.1 Å². The number of rotatable bonds is 12. The fourth-order valence-corrected chi connectivity index (χ4v) is 4.19. The minimum atomic E-state index is -5.34. The van der Waals surface area contributed by atoms with Gasteiger partial charge in [-0.1, -0.05) is 30.3 Å². The van der Waals surface area contributed by atoms with Gasteiger partial charge in [-0.15, -0.1) is 0 Å².